The van der Waals surface area contributed by atoms with E-state index in [0.29, 0.717) is 5.56 Å². The van der Waals surface area contributed by atoms with Crippen molar-refractivity contribution in [3.63, 3.8) is 0 Å². The maximum Gasteiger partial charge on any atom is 0.255 e. The van der Waals surface area contributed by atoms with Gasteiger partial charge in [-0.25, -0.2) is 0 Å². The van der Waals surface area contributed by atoms with Crippen LogP contribution in [0.4, 0.5) is 5.69 Å². The van der Waals surface area contributed by atoms with Gasteiger partial charge in [0.15, 0.2) is 0 Å². The van der Waals surface area contributed by atoms with Crippen molar-refractivity contribution >= 4 is 22.7 Å². The first kappa shape index (κ1) is 18.7. The molecule has 0 unspecified atom stereocenters. The first-order valence-electron chi connectivity index (χ1n) is 10.0. The first-order chi connectivity index (χ1) is 13.7. The van der Waals surface area contributed by atoms with E-state index < -0.39 is 0 Å². The molecule has 2 aromatic carbocycles. The standard InChI is InChI=1S/C24H27N3O/c1-17-16-21(4-7-23(17)20-10-14-26-15-11-20)24(28)27-22-5-2-18(3-6-22)19-8-12-25-13-9-19/h2-8,10,16,25-26H,9,11-15H2,1H3,(H,27,28). The predicted molar refractivity (Wildman–Crippen MR) is 117 cm³/mol. The average molecular weight is 374 g/mol. The van der Waals surface area contributed by atoms with E-state index in [9.17, 15) is 4.79 Å². The summed E-state index contributed by atoms with van der Waals surface area (Å²) in [5, 5.41) is 9.69. The third-order valence-corrected chi connectivity index (χ3v) is 5.48. The number of benzene rings is 2. The highest BCUT2D eigenvalue weighted by atomic mass is 16.1. The van der Waals surface area contributed by atoms with Crippen molar-refractivity contribution in [3.8, 4) is 0 Å². The maximum atomic E-state index is 12.7. The fourth-order valence-corrected chi connectivity index (χ4v) is 3.89. The minimum Gasteiger partial charge on any atom is -0.322 e. The van der Waals surface area contributed by atoms with Crippen molar-refractivity contribution in [2.24, 2.45) is 0 Å². The van der Waals surface area contributed by atoms with Crippen molar-refractivity contribution < 1.29 is 4.79 Å². The lowest BCUT2D eigenvalue weighted by Gasteiger charge is -2.17. The fourth-order valence-electron chi connectivity index (χ4n) is 3.89. The zero-order valence-corrected chi connectivity index (χ0v) is 16.3. The van der Waals surface area contributed by atoms with Gasteiger partial charge in [0.05, 0.1) is 0 Å². The predicted octanol–water partition coefficient (Wildman–Crippen LogP) is 4.00. The molecule has 144 valence electrons. The number of amides is 1. The van der Waals surface area contributed by atoms with Gasteiger partial charge in [0, 0.05) is 24.3 Å². The molecule has 0 atom stereocenters. The van der Waals surface area contributed by atoms with E-state index in [1.807, 2.05) is 24.3 Å². The van der Waals surface area contributed by atoms with E-state index in [1.165, 1.54) is 22.3 Å². The summed E-state index contributed by atoms with van der Waals surface area (Å²) in [5.74, 6) is -0.0669. The van der Waals surface area contributed by atoms with E-state index in [0.717, 1.165) is 50.3 Å². The zero-order chi connectivity index (χ0) is 19.3. The molecule has 0 fully saturated rings. The van der Waals surface area contributed by atoms with Crippen molar-refractivity contribution in [2.75, 3.05) is 31.5 Å². The molecule has 0 saturated heterocycles. The summed E-state index contributed by atoms with van der Waals surface area (Å²) in [4.78, 5) is 12.7. The first-order valence-corrected chi connectivity index (χ1v) is 10.0. The minimum absolute atomic E-state index is 0.0669. The Bertz CT molecular complexity index is 925. The van der Waals surface area contributed by atoms with Crippen LogP contribution in [0.1, 0.15) is 39.9 Å². The van der Waals surface area contributed by atoms with Crippen LogP contribution < -0.4 is 16.0 Å². The molecule has 3 N–H and O–H groups in total. The van der Waals surface area contributed by atoms with Crippen molar-refractivity contribution in [3.05, 3.63) is 76.9 Å². The van der Waals surface area contributed by atoms with Crippen LogP contribution >= 0.6 is 0 Å². The largest absolute Gasteiger partial charge is 0.322 e. The SMILES string of the molecule is Cc1cc(C(=O)Nc2ccc(C3=CCNCC3)cc2)ccc1C1=CCNCC1. The Morgan fingerprint density at radius 1 is 0.893 bits per heavy atom. The van der Waals surface area contributed by atoms with Crippen LogP contribution in [0.3, 0.4) is 0 Å². The molecule has 4 nitrogen and oxygen atoms in total. The second-order valence-electron chi connectivity index (χ2n) is 7.43. The smallest absolute Gasteiger partial charge is 0.255 e. The number of anilines is 1. The molecule has 2 heterocycles. The molecule has 0 aromatic heterocycles. The molecule has 0 saturated carbocycles. The van der Waals surface area contributed by atoms with E-state index in [1.54, 1.807) is 0 Å². The van der Waals surface area contributed by atoms with Crippen molar-refractivity contribution in [1.82, 2.24) is 10.6 Å². The van der Waals surface area contributed by atoms with Gasteiger partial charge < -0.3 is 16.0 Å². The van der Waals surface area contributed by atoms with Crippen LogP contribution in [0.25, 0.3) is 11.1 Å². The van der Waals surface area contributed by atoms with Gasteiger partial charge in [-0.3, -0.25) is 4.79 Å². The number of carbonyl (C=O) groups is 1. The minimum atomic E-state index is -0.0669. The zero-order valence-electron chi connectivity index (χ0n) is 16.3. The lowest BCUT2D eigenvalue weighted by atomic mass is 9.94. The molecule has 2 aliphatic rings. The van der Waals surface area contributed by atoms with Gasteiger partial charge in [-0.2, -0.15) is 0 Å². The lowest BCUT2D eigenvalue weighted by molar-refractivity contribution is 0.102. The summed E-state index contributed by atoms with van der Waals surface area (Å²) >= 11 is 0. The molecule has 4 heteroatoms. The van der Waals surface area contributed by atoms with E-state index >= 15 is 0 Å². The average Bonchev–Trinajstić information content (AvgIpc) is 2.75. The lowest BCUT2D eigenvalue weighted by Crippen LogP contribution is -2.20. The van der Waals surface area contributed by atoms with Crippen LogP contribution in [0.15, 0.2) is 54.6 Å². The molecule has 2 aliphatic heterocycles. The Kier molecular flexibility index (Phi) is 5.70. The molecular formula is C24H27N3O. The van der Waals surface area contributed by atoms with Gasteiger partial charge in [0.2, 0.25) is 0 Å². The van der Waals surface area contributed by atoms with Crippen molar-refractivity contribution in [1.29, 1.82) is 0 Å². The molecule has 0 bridgehead atoms. The van der Waals surface area contributed by atoms with Crippen LogP contribution in [-0.4, -0.2) is 32.1 Å². The number of aryl methyl sites for hydroxylation is 1. The number of rotatable bonds is 4. The monoisotopic (exact) mass is 373 g/mol. The number of nitrogens with one attached hydrogen (secondary N) is 3. The highest BCUT2D eigenvalue weighted by Crippen LogP contribution is 2.25. The van der Waals surface area contributed by atoms with E-state index in [2.05, 4.69) is 53.2 Å². The Hall–Kier alpha value is -2.69. The normalized spacial score (nSPS) is 16.9. The summed E-state index contributed by atoms with van der Waals surface area (Å²) < 4.78 is 0. The Morgan fingerprint density at radius 3 is 2.18 bits per heavy atom. The summed E-state index contributed by atoms with van der Waals surface area (Å²) in [5.41, 5.74) is 7.88. The second-order valence-corrected chi connectivity index (χ2v) is 7.43. The summed E-state index contributed by atoms with van der Waals surface area (Å²) in [6.07, 6.45) is 6.55. The van der Waals surface area contributed by atoms with E-state index in [-0.39, 0.29) is 5.91 Å². The summed E-state index contributed by atoms with van der Waals surface area (Å²) in [6, 6.07) is 14.1. The number of hydrogen-bond donors (Lipinski definition) is 3. The molecule has 4 rings (SSSR count). The molecular weight excluding hydrogens is 346 g/mol. The molecule has 0 radical (unpaired) electrons. The van der Waals surface area contributed by atoms with Gasteiger partial charge in [-0.15, -0.1) is 0 Å². The van der Waals surface area contributed by atoms with Crippen molar-refractivity contribution in [2.45, 2.75) is 19.8 Å². The Labute approximate surface area is 166 Å². The Morgan fingerprint density at radius 2 is 1.57 bits per heavy atom. The molecule has 28 heavy (non-hydrogen) atoms. The fraction of sp³-hybridized carbons (Fsp3) is 0.292. The summed E-state index contributed by atoms with van der Waals surface area (Å²) in [7, 11) is 0. The van der Waals surface area contributed by atoms with Gasteiger partial charge in [0.25, 0.3) is 5.91 Å². The van der Waals surface area contributed by atoms with Gasteiger partial charge >= 0.3 is 0 Å². The Balaban J connectivity index is 1.45. The van der Waals surface area contributed by atoms with Gasteiger partial charge in [0.1, 0.15) is 0 Å². The van der Waals surface area contributed by atoms with Crippen LogP contribution in [0.2, 0.25) is 0 Å². The quantitative estimate of drug-likeness (QED) is 0.759. The third-order valence-electron chi connectivity index (χ3n) is 5.48. The molecule has 0 aliphatic carbocycles. The van der Waals surface area contributed by atoms with E-state index in [4.69, 9.17) is 0 Å². The molecule has 0 spiro atoms. The number of hydrogen-bond acceptors (Lipinski definition) is 3. The highest BCUT2D eigenvalue weighted by molar-refractivity contribution is 6.04. The molecule has 2 aromatic rings. The topological polar surface area (TPSA) is 53.2 Å². The second kappa shape index (κ2) is 8.55. The third kappa shape index (κ3) is 4.24. The van der Waals surface area contributed by atoms with Crippen LogP contribution in [-0.2, 0) is 0 Å². The van der Waals surface area contributed by atoms with Gasteiger partial charge in [-0.1, -0.05) is 30.4 Å². The van der Waals surface area contributed by atoms with Crippen LogP contribution in [0.5, 0.6) is 0 Å². The van der Waals surface area contributed by atoms with Crippen LogP contribution in [0, 0.1) is 6.92 Å². The maximum absolute atomic E-state index is 12.7. The highest BCUT2D eigenvalue weighted by Gasteiger charge is 2.12. The number of carbonyl (C=O) groups excluding carboxylic acids is 1. The summed E-state index contributed by atoms with van der Waals surface area (Å²) in [6.45, 7) is 5.96. The molecule has 1 amide bonds. The van der Waals surface area contributed by atoms with Gasteiger partial charge in [-0.05, 0) is 85.0 Å².